The van der Waals surface area contributed by atoms with Crippen LogP contribution in [0.5, 0.6) is 0 Å². The predicted molar refractivity (Wildman–Crippen MR) is 76.0 cm³/mol. The second-order valence-electron chi connectivity index (χ2n) is 5.47. The lowest BCUT2D eigenvalue weighted by Gasteiger charge is -2.39. The van der Waals surface area contributed by atoms with Crippen molar-refractivity contribution < 1.29 is 9.50 Å². The summed E-state index contributed by atoms with van der Waals surface area (Å²) in [5.74, 6) is -0.321. The molecule has 2 rings (SSSR count). The highest BCUT2D eigenvalue weighted by Crippen LogP contribution is 2.29. The van der Waals surface area contributed by atoms with Crippen LogP contribution in [0.2, 0.25) is 0 Å². The third-order valence-electron chi connectivity index (χ3n) is 3.83. The van der Waals surface area contributed by atoms with Gasteiger partial charge in [0.15, 0.2) is 0 Å². The number of aliphatic hydroxyl groups is 1. The lowest BCUT2D eigenvalue weighted by molar-refractivity contribution is 0.191. The predicted octanol–water partition coefficient (Wildman–Crippen LogP) is 2.41. The Bertz CT molecular complexity index is 426. The fourth-order valence-corrected chi connectivity index (χ4v) is 2.69. The number of rotatable bonds is 3. The largest absolute Gasteiger partial charge is 0.389 e. The minimum atomic E-state index is -0.778. The molecule has 1 atom stereocenters. The van der Waals surface area contributed by atoms with Crippen molar-refractivity contribution in [3.8, 4) is 0 Å². The Morgan fingerprint density at radius 3 is 2.26 bits per heavy atom. The molecule has 3 nitrogen and oxygen atoms in total. The van der Waals surface area contributed by atoms with Crippen LogP contribution >= 0.6 is 0 Å². The highest BCUT2D eigenvalue weighted by molar-refractivity contribution is 5.55. The van der Waals surface area contributed by atoms with Crippen molar-refractivity contribution in [3.05, 3.63) is 29.6 Å². The van der Waals surface area contributed by atoms with Gasteiger partial charge >= 0.3 is 0 Å². The summed E-state index contributed by atoms with van der Waals surface area (Å²) in [6, 6.07) is 5.57. The number of benzene rings is 1. The first-order valence-corrected chi connectivity index (χ1v) is 6.96. The van der Waals surface area contributed by atoms with E-state index in [4.69, 9.17) is 0 Å². The van der Waals surface area contributed by atoms with Gasteiger partial charge < -0.3 is 10.0 Å². The molecular formula is C15H23FN2O. The first-order chi connectivity index (χ1) is 9.00. The molecule has 0 amide bonds. The van der Waals surface area contributed by atoms with Gasteiger partial charge in [-0.2, -0.15) is 0 Å². The summed E-state index contributed by atoms with van der Waals surface area (Å²) < 4.78 is 13.9. The quantitative estimate of drug-likeness (QED) is 0.910. The SMILES string of the molecule is CC(C)N1CCN(c2cccc(F)c2[C@H](C)O)CC1. The Labute approximate surface area is 114 Å². The third kappa shape index (κ3) is 3.07. The van der Waals surface area contributed by atoms with E-state index in [-0.39, 0.29) is 5.82 Å². The van der Waals surface area contributed by atoms with Gasteiger partial charge in [-0.3, -0.25) is 4.90 Å². The average molecular weight is 266 g/mol. The lowest BCUT2D eigenvalue weighted by atomic mass is 10.1. The monoisotopic (exact) mass is 266 g/mol. The number of anilines is 1. The summed E-state index contributed by atoms with van der Waals surface area (Å²) in [7, 11) is 0. The van der Waals surface area contributed by atoms with Gasteiger partial charge in [0.1, 0.15) is 5.82 Å². The molecule has 106 valence electrons. The van der Waals surface area contributed by atoms with Crippen molar-refractivity contribution in [2.75, 3.05) is 31.1 Å². The summed E-state index contributed by atoms with van der Waals surface area (Å²) >= 11 is 0. The van der Waals surface area contributed by atoms with Gasteiger partial charge in [0.25, 0.3) is 0 Å². The van der Waals surface area contributed by atoms with Crippen LogP contribution in [0.4, 0.5) is 10.1 Å². The Morgan fingerprint density at radius 1 is 1.11 bits per heavy atom. The maximum Gasteiger partial charge on any atom is 0.131 e. The zero-order valence-electron chi connectivity index (χ0n) is 11.9. The molecule has 0 aliphatic carbocycles. The molecule has 4 heteroatoms. The first kappa shape index (κ1) is 14.3. The highest BCUT2D eigenvalue weighted by atomic mass is 19.1. The zero-order valence-corrected chi connectivity index (χ0v) is 11.9. The van der Waals surface area contributed by atoms with Gasteiger partial charge in [-0.05, 0) is 32.9 Å². The van der Waals surface area contributed by atoms with E-state index in [1.54, 1.807) is 13.0 Å². The van der Waals surface area contributed by atoms with E-state index in [1.807, 2.05) is 6.07 Å². The van der Waals surface area contributed by atoms with Gasteiger partial charge in [0.2, 0.25) is 0 Å². The van der Waals surface area contributed by atoms with Crippen LogP contribution in [0.15, 0.2) is 18.2 Å². The number of halogens is 1. The number of piperazine rings is 1. The molecule has 1 aliphatic heterocycles. The molecule has 19 heavy (non-hydrogen) atoms. The van der Waals surface area contributed by atoms with Gasteiger partial charge in [-0.1, -0.05) is 6.07 Å². The molecule has 1 N–H and O–H groups in total. The molecule has 1 aliphatic rings. The standard InChI is InChI=1S/C15H23FN2O/c1-11(2)17-7-9-18(10-8-17)14-6-4-5-13(16)15(14)12(3)19/h4-6,11-12,19H,7-10H2,1-3H3/t12-/m0/s1. The fraction of sp³-hybridized carbons (Fsp3) is 0.600. The molecule has 0 spiro atoms. The molecule has 0 bridgehead atoms. The van der Waals surface area contributed by atoms with E-state index in [2.05, 4.69) is 23.6 Å². The topological polar surface area (TPSA) is 26.7 Å². The van der Waals surface area contributed by atoms with Crippen LogP contribution in [0, 0.1) is 5.82 Å². The van der Waals surface area contributed by atoms with Crippen molar-refractivity contribution in [1.82, 2.24) is 4.90 Å². The number of hydrogen-bond donors (Lipinski definition) is 1. The summed E-state index contributed by atoms with van der Waals surface area (Å²) in [5, 5.41) is 9.78. The van der Waals surface area contributed by atoms with Crippen LogP contribution in [-0.2, 0) is 0 Å². The van der Waals surface area contributed by atoms with Gasteiger partial charge in [-0.25, -0.2) is 4.39 Å². The van der Waals surface area contributed by atoms with Crippen molar-refractivity contribution in [1.29, 1.82) is 0 Å². The van der Waals surface area contributed by atoms with Crippen molar-refractivity contribution in [3.63, 3.8) is 0 Å². The molecule has 1 fully saturated rings. The Balaban J connectivity index is 2.18. The van der Waals surface area contributed by atoms with E-state index in [9.17, 15) is 9.50 Å². The molecule has 0 saturated carbocycles. The molecule has 0 unspecified atom stereocenters. The number of nitrogens with zero attached hydrogens (tertiary/aromatic N) is 2. The van der Waals surface area contributed by atoms with Crippen LogP contribution in [0.3, 0.4) is 0 Å². The van der Waals surface area contributed by atoms with Crippen LogP contribution < -0.4 is 4.90 Å². The molecule has 0 radical (unpaired) electrons. The smallest absolute Gasteiger partial charge is 0.131 e. The first-order valence-electron chi connectivity index (χ1n) is 6.96. The van der Waals surface area contributed by atoms with Crippen LogP contribution in [0.25, 0.3) is 0 Å². The Hall–Kier alpha value is -1.13. The molecule has 1 aromatic carbocycles. The van der Waals surface area contributed by atoms with Crippen molar-refractivity contribution in [2.24, 2.45) is 0 Å². The summed E-state index contributed by atoms with van der Waals surface area (Å²) in [4.78, 5) is 4.59. The summed E-state index contributed by atoms with van der Waals surface area (Å²) in [6.45, 7) is 9.72. The summed E-state index contributed by atoms with van der Waals surface area (Å²) in [5.41, 5.74) is 1.25. The maximum absolute atomic E-state index is 13.9. The lowest BCUT2D eigenvalue weighted by Crippen LogP contribution is -2.49. The fourth-order valence-electron chi connectivity index (χ4n) is 2.69. The van der Waals surface area contributed by atoms with Crippen LogP contribution in [-0.4, -0.2) is 42.2 Å². The Kier molecular flexibility index (Phi) is 4.42. The van der Waals surface area contributed by atoms with Gasteiger partial charge in [-0.15, -0.1) is 0 Å². The van der Waals surface area contributed by atoms with Crippen molar-refractivity contribution >= 4 is 5.69 Å². The summed E-state index contributed by atoms with van der Waals surface area (Å²) in [6.07, 6.45) is -0.778. The van der Waals surface area contributed by atoms with Crippen LogP contribution in [0.1, 0.15) is 32.4 Å². The second-order valence-corrected chi connectivity index (χ2v) is 5.47. The normalized spacial score (nSPS) is 18.9. The van der Waals surface area contributed by atoms with Gasteiger partial charge in [0, 0.05) is 43.5 Å². The Morgan fingerprint density at radius 2 is 1.74 bits per heavy atom. The van der Waals surface area contributed by atoms with E-state index in [0.29, 0.717) is 11.6 Å². The third-order valence-corrected chi connectivity index (χ3v) is 3.83. The molecule has 1 aromatic rings. The molecular weight excluding hydrogens is 243 g/mol. The molecule has 1 heterocycles. The molecule has 0 aromatic heterocycles. The molecule has 1 saturated heterocycles. The number of aliphatic hydroxyl groups excluding tert-OH is 1. The van der Waals surface area contributed by atoms with E-state index >= 15 is 0 Å². The van der Waals surface area contributed by atoms with E-state index < -0.39 is 6.10 Å². The van der Waals surface area contributed by atoms with Gasteiger partial charge in [0.05, 0.1) is 6.10 Å². The zero-order chi connectivity index (χ0) is 14.0. The number of hydrogen-bond acceptors (Lipinski definition) is 3. The second kappa shape index (κ2) is 5.88. The minimum Gasteiger partial charge on any atom is -0.389 e. The maximum atomic E-state index is 13.9. The highest BCUT2D eigenvalue weighted by Gasteiger charge is 2.23. The minimum absolute atomic E-state index is 0.321. The van der Waals surface area contributed by atoms with E-state index in [0.717, 1.165) is 31.9 Å². The van der Waals surface area contributed by atoms with E-state index in [1.165, 1.54) is 6.07 Å². The van der Waals surface area contributed by atoms with Crippen molar-refractivity contribution in [2.45, 2.75) is 32.9 Å². The average Bonchev–Trinajstić information content (AvgIpc) is 2.38.